The number of anilines is 6. The maximum Gasteiger partial charge on any atom is 0.307 e. The van der Waals surface area contributed by atoms with Crippen LogP contribution in [0.25, 0.3) is 103 Å². The lowest BCUT2D eigenvalue weighted by Gasteiger charge is -2.27. The Morgan fingerprint density at radius 3 is 0.620 bits per heavy atom. The fourth-order valence-electron chi connectivity index (χ4n) is 11.0. The van der Waals surface area contributed by atoms with Gasteiger partial charge in [-0.05, 0) is 128 Å². The fourth-order valence-corrected chi connectivity index (χ4v) is 11.0. The summed E-state index contributed by atoms with van der Waals surface area (Å²) in [5.74, 6) is -0.890. The van der Waals surface area contributed by atoms with Crippen molar-refractivity contribution in [2.24, 2.45) is 0 Å². The van der Waals surface area contributed by atoms with Crippen molar-refractivity contribution in [3.8, 4) is 73.8 Å². The fraction of sp³-hybridized carbons (Fsp3) is 0. The van der Waals surface area contributed by atoms with E-state index >= 15 is 0 Å². The third kappa shape index (κ3) is 11.4. The van der Waals surface area contributed by atoms with Crippen molar-refractivity contribution in [1.29, 1.82) is 15.8 Å². The van der Waals surface area contributed by atoms with Gasteiger partial charge in [0.2, 0.25) is 11.0 Å². The molecule has 3 heterocycles. The summed E-state index contributed by atoms with van der Waals surface area (Å²) in [6, 6.07) is 101. The van der Waals surface area contributed by atoms with Gasteiger partial charge in [-0.1, -0.05) is 214 Å². The minimum Gasteiger partial charge on any atom is -0.370 e. The molecular formula is C78H44N14. The standard InChI is InChI=1S/C60H44N2.C18N12/c1-5-13-45(14-6-1)49-21-33-55(34-22-49)61(56-35-23-50(24-36-56)46-15-7-2-8-16-46)59-41-29-53(30-42-59)54-31-43-60(44-32-54)62(57-37-25-51(26-38-57)47-17-9-3-10-18-47)58-39-27-52(28-40-58)48-19-11-4-12-20-48;1-22-16-9(6-21)27-12-10-11(26-8(5-20)7(4-19)25-10)14-15(13(12)28-16)30-18(24-3)17(23-2)29-14/h1-44H;. The zero-order valence-electron chi connectivity index (χ0n) is 48.7. The predicted octanol–water partition coefficient (Wildman–Crippen LogP) is 19.7. The second-order valence-electron chi connectivity index (χ2n) is 20.9. The zero-order chi connectivity index (χ0) is 62.9. The van der Waals surface area contributed by atoms with Crippen LogP contribution in [0, 0.1) is 53.7 Å². The molecule has 14 heteroatoms. The van der Waals surface area contributed by atoms with Crippen LogP contribution in [0.5, 0.6) is 0 Å². The first-order chi connectivity index (χ1) is 45.3. The van der Waals surface area contributed by atoms with Crippen molar-refractivity contribution in [3.63, 3.8) is 0 Å². The van der Waals surface area contributed by atoms with Gasteiger partial charge < -0.3 is 24.3 Å². The van der Waals surface area contributed by atoms with Crippen LogP contribution in [-0.4, -0.2) is 29.9 Å². The summed E-state index contributed by atoms with van der Waals surface area (Å²) in [7, 11) is 0. The van der Waals surface area contributed by atoms with E-state index in [0.29, 0.717) is 0 Å². The van der Waals surface area contributed by atoms with E-state index in [1.807, 2.05) is 0 Å². The number of nitriles is 3. The Kier molecular flexibility index (Phi) is 15.8. The molecule has 92 heavy (non-hydrogen) atoms. The van der Waals surface area contributed by atoms with Crippen LogP contribution in [0.3, 0.4) is 0 Å². The average Bonchev–Trinajstić information content (AvgIpc) is 0.739. The Hall–Kier alpha value is -14.0. The third-order valence-corrected chi connectivity index (χ3v) is 15.5. The monoisotopic (exact) mass is 1180 g/mol. The Morgan fingerprint density at radius 2 is 0.413 bits per heavy atom. The highest BCUT2D eigenvalue weighted by molar-refractivity contribution is 6.19. The molecule has 0 N–H and O–H groups in total. The molecule has 0 aliphatic heterocycles. The van der Waals surface area contributed by atoms with E-state index in [1.54, 1.807) is 18.2 Å². The summed E-state index contributed by atoms with van der Waals surface area (Å²) in [5, 5.41) is 27.9. The van der Waals surface area contributed by atoms with Crippen molar-refractivity contribution in [2.45, 2.75) is 0 Å². The van der Waals surface area contributed by atoms with Crippen molar-refractivity contribution in [2.75, 3.05) is 9.80 Å². The van der Waals surface area contributed by atoms with Gasteiger partial charge in [-0.15, -0.1) is 15.0 Å². The zero-order valence-corrected chi connectivity index (χ0v) is 48.7. The van der Waals surface area contributed by atoms with Crippen LogP contribution in [-0.2, 0) is 0 Å². The summed E-state index contributed by atoms with van der Waals surface area (Å²) >= 11 is 0. The van der Waals surface area contributed by atoms with Crippen molar-refractivity contribution in [1.82, 2.24) is 29.9 Å². The Morgan fingerprint density at radius 1 is 0.228 bits per heavy atom. The molecule has 0 saturated heterocycles. The molecular weight excluding hydrogens is 1130 g/mol. The minimum atomic E-state index is -0.298. The van der Waals surface area contributed by atoms with E-state index in [2.05, 4.69) is 321 Å². The molecule has 0 unspecified atom stereocenters. The Balaban J connectivity index is 0.000000215. The number of fused-ring (bicyclic) bond motifs is 6. The van der Waals surface area contributed by atoms with Gasteiger partial charge in [-0.2, -0.15) is 15.8 Å². The topological polar surface area (TPSA) is 168 Å². The van der Waals surface area contributed by atoms with Crippen LogP contribution >= 0.6 is 0 Å². The summed E-state index contributed by atoms with van der Waals surface area (Å²) < 4.78 is 0. The number of aromatic nitrogens is 6. The molecule has 14 nitrogen and oxygen atoms in total. The highest BCUT2D eigenvalue weighted by atomic mass is 15.1. The molecule has 0 spiro atoms. The maximum atomic E-state index is 9.30. The van der Waals surface area contributed by atoms with Crippen LogP contribution in [0.15, 0.2) is 267 Å². The summed E-state index contributed by atoms with van der Waals surface area (Å²) in [4.78, 5) is 39.0. The van der Waals surface area contributed by atoms with E-state index in [1.165, 1.54) is 44.5 Å². The molecule has 426 valence electrons. The van der Waals surface area contributed by atoms with Crippen LogP contribution in [0.2, 0.25) is 0 Å². The predicted molar refractivity (Wildman–Crippen MR) is 362 cm³/mol. The van der Waals surface area contributed by atoms with Crippen LogP contribution < -0.4 is 9.80 Å². The Labute approximate surface area is 529 Å². The summed E-state index contributed by atoms with van der Waals surface area (Å²) in [6.45, 7) is 21.7. The molecule has 14 aromatic rings. The van der Waals surface area contributed by atoms with Gasteiger partial charge in [0.15, 0.2) is 17.1 Å². The second kappa shape index (κ2) is 25.5. The lowest BCUT2D eigenvalue weighted by atomic mass is 10.0. The third-order valence-electron chi connectivity index (χ3n) is 15.5. The average molecular weight is 1180 g/mol. The van der Waals surface area contributed by atoms with Crippen LogP contribution in [0.4, 0.5) is 51.6 Å². The minimum absolute atomic E-state index is 0.000622. The van der Waals surface area contributed by atoms with Crippen molar-refractivity contribution in [3.05, 3.63) is 318 Å². The van der Waals surface area contributed by atoms with Gasteiger partial charge in [0, 0.05) is 34.1 Å². The molecule has 0 fully saturated rings. The second-order valence-corrected chi connectivity index (χ2v) is 20.9. The number of benzene rings is 11. The van der Waals surface area contributed by atoms with Gasteiger partial charge in [-0.25, -0.2) is 15.0 Å². The van der Waals surface area contributed by atoms with Gasteiger partial charge in [-0.3, -0.25) is 0 Å². The largest absolute Gasteiger partial charge is 0.370 e. The lowest BCUT2D eigenvalue weighted by Crippen LogP contribution is -2.10. The highest BCUT2D eigenvalue weighted by Gasteiger charge is 2.28. The molecule has 0 amide bonds. The number of nitrogens with zero attached hydrogens (tertiary/aromatic N) is 14. The van der Waals surface area contributed by atoms with Gasteiger partial charge in [0.05, 0.1) is 0 Å². The van der Waals surface area contributed by atoms with Gasteiger partial charge >= 0.3 is 5.82 Å². The van der Waals surface area contributed by atoms with Crippen molar-refractivity contribution < 1.29 is 0 Å². The quantitative estimate of drug-likeness (QED) is 0.0892. The van der Waals surface area contributed by atoms with E-state index in [-0.39, 0.29) is 67.6 Å². The molecule has 0 aliphatic carbocycles. The SMILES string of the molecule is [C-]#[N+]c1nc2c(nc1C#N)c1nc(C#N)c(C#N)nc1c1nc([N+]#[C-])c([N+]#[C-])nc21.c1ccc(-c2ccc(N(c3ccc(-c4ccccc4)cc3)c3ccc(-c4ccc(N(c5ccc(-c6ccccc6)cc5)c5ccc(-c6ccccc6)cc5)cc4)cc3)cc2)cc1. The van der Waals surface area contributed by atoms with E-state index in [9.17, 15) is 15.8 Å². The molecule has 14 rings (SSSR count). The first-order valence-corrected chi connectivity index (χ1v) is 28.9. The Bertz CT molecular complexity index is 4600. The lowest BCUT2D eigenvalue weighted by molar-refractivity contribution is 1.19. The maximum absolute atomic E-state index is 9.30. The normalized spacial score (nSPS) is 10.5. The molecule has 0 saturated carbocycles. The number of hydrogen-bond acceptors (Lipinski definition) is 11. The number of rotatable bonds is 11. The molecule has 0 aliphatic rings. The molecule has 11 aromatic carbocycles. The summed E-state index contributed by atoms with van der Waals surface area (Å²) in [5.41, 5.74) is 17.6. The summed E-state index contributed by atoms with van der Waals surface area (Å²) in [6.07, 6.45) is 0. The molecule has 0 atom stereocenters. The van der Waals surface area contributed by atoms with Gasteiger partial charge in [0.1, 0.15) is 34.8 Å². The van der Waals surface area contributed by atoms with Gasteiger partial charge in [0.25, 0.3) is 17.2 Å². The first kappa shape index (κ1) is 57.1. The van der Waals surface area contributed by atoms with E-state index in [0.717, 1.165) is 45.3 Å². The smallest absolute Gasteiger partial charge is 0.307 e. The molecule has 0 bridgehead atoms. The first-order valence-electron chi connectivity index (χ1n) is 28.9. The van der Waals surface area contributed by atoms with Crippen LogP contribution in [0.1, 0.15) is 17.1 Å². The molecule has 0 radical (unpaired) electrons. The van der Waals surface area contributed by atoms with E-state index < -0.39 is 0 Å². The highest BCUT2D eigenvalue weighted by Crippen LogP contribution is 2.42. The van der Waals surface area contributed by atoms with E-state index in [4.69, 9.17) is 19.7 Å². The number of hydrogen-bond donors (Lipinski definition) is 0. The van der Waals surface area contributed by atoms with Crippen molar-refractivity contribution >= 4 is 84.7 Å². The molecule has 3 aromatic heterocycles.